The van der Waals surface area contributed by atoms with Gasteiger partial charge in [-0.1, -0.05) is 324 Å². The highest BCUT2D eigenvalue weighted by Gasteiger charge is 2.17. The van der Waals surface area contributed by atoms with Gasteiger partial charge in [0, 0.05) is 32.3 Å². The predicted octanol–water partition coefficient (Wildman–Crippen LogP) is 23.9. The van der Waals surface area contributed by atoms with E-state index in [4.69, 9.17) is 24.4 Å². The van der Waals surface area contributed by atoms with Crippen LogP contribution in [-0.4, -0.2) is 82.9 Å². The minimum absolute atomic E-state index is 0.000742. The van der Waals surface area contributed by atoms with E-state index >= 15 is 0 Å². The zero-order valence-electron chi connectivity index (χ0n) is 61.6. The van der Waals surface area contributed by atoms with E-state index in [2.05, 4.69) is 41.5 Å². The van der Waals surface area contributed by atoms with E-state index in [-0.39, 0.29) is 36.7 Å². The van der Waals surface area contributed by atoms with Crippen LogP contribution in [0, 0.1) is 11.8 Å². The summed E-state index contributed by atoms with van der Waals surface area (Å²) in [6.07, 6.45) is 68.9. The number of rotatable bonds is 71. The first-order valence-corrected chi connectivity index (χ1v) is 40.1. The van der Waals surface area contributed by atoms with Crippen molar-refractivity contribution in [3.63, 3.8) is 0 Å². The lowest BCUT2D eigenvalue weighted by molar-refractivity contribution is -0.146. The van der Waals surface area contributed by atoms with Crippen molar-refractivity contribution in [2.75, 3.05) is 26.4 Å². The Labute approximate surface area is 565 Å². The number of carboxylic acids is 1. The lowest BCUT2D eigenvalue weighted by atomic mass is 9.91. The highest BCUT2D eigenvalue weighted by Crippen LogP contribution is 2.25. The lowest BCUT2D eigenvalue weighted by Gasteiger charge is -2.16. The molecule has 0 saturated carbocycles. The summed E-state index contributed by atoms with van der Waals surface area (Å²) in [6, 6.07) is 0. The fraction of sp³-hybridized carbons (Fsp3) is 0.950. The maximum absolute atomic E-state index is 12.5. The van der Waals surface area contributed by atoms with E-state index < -0.39 is 5.97 Å². The molecule has 0 aromatic rings. The van der Waals surface area contributed by atoms with E-state index in [1.54, 1.807) is 0 Å². The van der Waals surface area contributed by atoms with Crippen molar-refractivity contribution in [3.8, 4) is 0 Å². The molecule has 0 aliphatic carbocycles. The van der Waals surface area contributed by atoms with Crippen molar-refractivity contribution in [1.29, 1.82) is 0 Å². The van der Waals surface area contributed by atoms with E-state index in [0.29, 0.717) is 57.3 Å². The van der Waals surface area contributed by atoms with Gasteiger partial charge in [0.05, 0.1) is 32.0 Å². The average Bonchev–Trinajstić information content (AvgIpc) is 3.58. The summed E-state index contributed by atoms with van der Waals surface area (Å²) in [7, 11) is 0. The second-order valence-corrected chi connectivity index (χ2v) is 27.6. The number of aliphatic hydroxyl groups excluding tert-OH is 3. The Kier molecular flexibility index (Phi) is 81.9. The van der Waals surface area contributed by atoms with Crippen molar-refractivity contribution in [1.82, 2.24) is 0 Å². The third-order valence-electron chi connectivity index (χ3n) is 18.3. The Bertz CT molecular complexity index is 1410. The van der Waals surface area contributed by atoms with Crippen molar-refractivity contribution in [2.45, 2.75) is 452 Å². The van der Waals surface area contributed by atoms with E-state index in [1.165, 1.54) is 218 Å². The zero-order valence-corrected chi connectivity index (χ0v) is 61.6. The predicted molar refractivity (Wildman–Crippen MR) is 387 cm³/mol. The Morgan fingerprint density at radius 1 is 0.264 bits per heavy atom. The number of unbranched alkanes of at least 4 members (excludes halogenated alkanes) is 40. The first-order valence-electron chi connectivity index (χ1n) is 40.1. The number of esters is 3. The van der Waals surface area contributed by atoms with E-state index in [0.717, 1.165) is 154 Å². The molecule has 0 aromatic heterocycles. The number of hydrogen-bond donors (Lipinski definition) is 4. The second-order valence-electron chi connectivity index (χ2n) is 27.6. The monoisotopic (exact) mass is 1300 g/mol. The van der Waals surface area contributed by atoms with Gasteiger partial charge in [-0.2, -0.15) is 0 Å². The van der Waals surface area contributed by atoms with Crippen LogP contribution >= 0.6 is 0 Å². The second kappa shape index (κ2) is 80.2. The molecule has 2 atom stereocenters. The standard InChI is InChI=1S/C40H78O5.C30H60O4.C10H20O2/c1-4-7-10-13-14-17-26-33-39(42)44-34-27-20-18-24-31-38(41)32-25-19-21-28-35-45-40(43)36-37(29-22-15-11-8-5-2)30-23-16-12-9-6-3;1-3-5-7-9-15-21-28(22-16-10-8-6-4-2)27-30(33)34-26-20-14-12-18-24-29(32)23-17-11-13-19-25-31;1-2-3-4-5-6-7-8-9-10(11)12/h37-38,41H,4-36H2,1-3H3;28-29,31-32H,3-27H2,1-2H3;2-9H2,1H3,(H,11,12). The first kappa shape index (κ1) is 92.9. The van der Waals surface area contributed by atoms with Gasteiger partial charge in [0.25, 0.3) is 0 Å². The van der Waals surface area contributed by atoms with Crippen LogP contribution in [-0.2, 0) is 33.4 Å². The summed E-state index contributed by atoms with van der Waals surface area (Å²) in [5.74, 6) is 0.287. The first-order chi connectivity index (χ1) is 44.4. The van der Waals surface area contributed by atoms with Crippen LogP contribution in [0.4, 0.5) is 0 Å². The van der Waals surface area contributed by atoms with Gasteiger partial charge in [0.15, 0.2) is 0 Å². The van der Waals surface area contributed by atoms with Crippen molar-refractivity contribution in [3.05, 3.63) is 0 Å². The topological polar surface area (TPSA) is 177 Å². The zero-order chi connectivity index (χ0) is 67.4. The number of carbonyl (C=O) groups excluding carboxylic acids is 3. The maximum atomic E-state index is 12.5. The average molecular weight is 1300 g/mol. The number of ether oxygens (including phenoxy) is 3. The van der Waals surface area contributed by atoms with Crippen LogP contribution in [0.5, 0.6) is 0 Å². The molecule has 0 bridgehead atoms. The van der Waals surface area contributed by atoms with Gasteiger partial charge < -0.3 is 34.6 Å². The number of aliphatic hydroxyl groups is 3. The highest BCUT2D eigenvalue weighted by atomic mass is 16.5. The Morgan fingerprint density at radius 3 is 0.758 bits per heavy atom. The molecule has 0 aliphatic rings. The van der Waals surface area contributed by atoms with Crippen LogP contribution in [0.3, 0.4) is 0 Å². The number of aliphatic carboxylic acids is 1. The molecule has 4 N–H and O–H groups in total. The molecular weight excluding hydrogens is 1140 g/mol. The van der Waals surface area contributed by atoms with Crippen molar-refractivity contribution in [2.24, 2.45) is 11.8 Å². The molecule has 11 heteroatoms. The molecule has 0 spiro atoms. The Morgan fingerprint density at radius 2 is 0.484 bits per heavy atom. The fourth-order valence-electron chi connectivity index (χ4n) is 12.2. The highest BCUT2D eigenvalue weighted by molar-refractivity contribution is 5.70. The minimum Gasteiger partial charge on any atom is -0.481 e. The van der Waals surface area contributed by atoms with Gasteiger partial charge in [-0.25, -0.2) is 0 Å². The molecule has 0 amide bonds. The van der Waals surface area contributed by atoms with Gasteiger partial charge in [0.1, 0.15) is 0 Å². The lowest BCUT2D eigenvalue weighted by Crippen LogP contribution is -2.13. The molecular formula is C80H158O11. The summed E-state index contributed by atoms with van der Waals surface area (Å²) in [6.45, 7) is 15.3. The number of carbonyl (C=O) groups is 4. The van der Waals surface area contributed by atoms with E-state index in [9.17, 15) is 29.4 Å². The van der Waals surface area contributed by atoms with E-state index in [1.807, 2.05) is 0 Å². The van der Waals surface area contributed by atoms with Crippen LogP contribution in [0.2, 0.25) is 0 Å². The van der Waals surface area contributed by atoms with Crippen molar-refractivity contribution < 1.29 is 53.8 Å². The van der Waals surface area contributed by atoms with Gasteiger partial charge >= 0.3 is 23.9 Å². The van der Waals surface area contributed by atoms with Gasteiger partial charge in [0.2, 0.25) is 0 Å². The van der Waals surface area contributed by atoms with Gasteiger partial charge in [-0.05, 0) is 102 Å². The van der Waals surface area contributed by atoms with Crippen LogP contribution in [0.25, 0.3) is 0 Å². The molecule has 0 fully saturated rings. The fourth-order valence-corrected chi connectivity index (χ4v) is 12.2. The molecule has 0 radical (unpaired) electrons. The quantitative estimate of drug-likeness (QED) is 0.0259. The smallest absolute Gasteiger partial charge is 0.306 e. The molecule has 0 rings (SSSR count). The third-order valence-corrected chi connectivity index (χ3v) is 18.3. The molecule has 91 heavy (non-hydrogen) atoms. The molecule has 0 aliphatic heterocycles. The summed E-state index contributed by atoms with van der Waals surface area (Å²) < 4.78 is 16.6. The molecule has 0 saturated heterocycles. The summed E-state index contributed by atoms with van der Waals surface area (Å²) in [5, 5.41) is 37.5. The van der Waals surface area contributed by atoms with Crippen LogP contribution in [0.15, 0.2) is 0 Å². The summed E-state index contributed by atoms with van der Waals surface area (Å²) in [4.78, 5) is 46.9. The molecule has 0 aromatic carbocycles. The molecule has 11 nitrogen and oxygen atoms in total. The Balaban J connectivity index is -0.00000147. The molecule has 0 heterocycles. The minimum atomic E-state index is -0.663. The normalized spacial score (nSPS) is 11.9. The summed E-state index contributed by atoms with van der Waals surface area (Å²) >= 11 is 0. The largest absolute Gasteiger partial charge is 0.481 e. The number of hydrogen-bond acceptors (Lipinski definition) is 10. The van der Waals surface area contributed by atoms with Gasteiger partial charge in [-0.3, -0.25) is 19.2 Å². The van der Waals surface area contributed by atoms with Crippen LogP contribution < -0.4 is 0 Å². The SMILES string of the molecule is CCCCCCCC(CCCCCCC)CC(=O)OCCCCCCC(O)CCCCCCO.CCCCCCCCCC(=O)O.CCCCCCCCCC(=O)OCCCCCCC(O)CCCCCCOC(=O)CC(CCCCCCC)CCCCCCC. The molecule has 544 valence electrons. The number of carboxylic acid groups (broad SMARTS) is 1. The Hall–Kier alpha value is -2.24. The molecule has 2 unspecified atom stereocenters. The van der Waals surface area contributed by atoms with Crippen molar-refractivity contribution >= 4 is 23.9 Å². The third kappa shape index (κ3) is 81.9. The maximum Gasteiger partial charge on any atom is 0.306 e. The van der Waals surface area contributed by atoms with Crippen LogP contribution in [0.1, 0.15) is 440 Å². The summed E-state index contributed by atoms with van der Waals surface area (Å²) in [5.41, 5.74) is 0. The van der Waals surface area contributed by atoms with Gasteiger partial charge in [-0.15, -0.1) is 0 Å².